The van der Waals surface area contributed by atoms with Gasteiger partial charge in [-0.15, -0.1) is 0 Å². The van der Waals surface area contributed by atoms with Crippen molar-refractivity contribution in [2.45, 2.75) is 19.0 Å². The second-order valence-electron chi connectivity index (χ2n) is 4.55. The lowest BCUT2D eigenvalue weighted by molar-refractivity contribution is -0.138. The molecule has 1 atom stereocenters. The van der Waals surface area contributed by atoms with Gasteiger partial charge in [0.1, 0.15) is 6.04 Å². The third kappa shape index (κ3) is 2.11. The van der Waals surface area contributed by atoms with Crippen molar-refractivity contribution in [2.24, 2.45) is 19.8 Å². The van der Waals surface area contributed by atoms with Crippen molar-refractivity contribution in [3.8, 4) is 0 Å². The second kappa shape index (κ2) is 4.93. The van der Waals surface area contributed by atoms with Gasteiger partial charge >= 0.3 is 11.7 Å². The van der Waals surface area contributed by atoms with Crippen molar-refractivity contribution in [3.63, 3.8) is 0 Å². The average Bonchev–Trinajstić information content (AvgIpc) is 2.83. The zero-order valence-corrected chi connectivity index (χ0v) is 11.1. The predicted octanol–water partition coefficient (Wildman–Crippen LogP) is -1.76. The standard InChI is InChI=1S/C11H15N5O4/c1-14-8-7(9(17)15(2)11(14)20)16(5-13-8)4-3-6(12)10(18)19/h5-6H,3-4,12H2,1-2H3,(H,18,19)/t6-/m0/s1. The first kappa shape index (κ1) is 14.0. The molecule has 0 aliphatic rings. The molecule has 0 aliphatic heterocycles. The van der Waals surface area contributed by atoms with E-state index in [1.807, 2.05) is 0 Å². The van der Waals surface area contributed by atoms with Gasteiger partial charge in [0.15, 0.2) is 11.2 Å². The Kier molecular flexibility index (Phi) is 3.45. The molecule has 2 aromatic rings. The van der Waals surface area contributed by atoms with Crippen molar-refractivity contribution >= 4 is 17.1 Å². The van der Waals surface area contributed by atoms with Crippen LogP contribution in [0.1, 0.15) is 6.42 Å². The SMILES string of the molecule is Cn1c(=O)c2c(ncn2CC[C@H](N)C(=O)O)n(C)c1=O. The van der Waals surface area contributed by atoms with Crippen LogP contribution in [0.25, 0.3) is 11.2 Å². The van der Waals surface area contributed by atoms with E-state index in [1.165, 1.54) is 29.6 Å². The fourth-order valence-electron chi connectivity index (χ4n) is 1.97. The Morgan fingerprint density at radius 1 is 1.40 bits per heavy atom. The molecular weight excluding hydrogens is 266 g/mol. The molecule has 108 valence electrons. The van der Waals surface area contributed by atoms with Crippen molar-refractivity contribution in [2.75, 3.05) is 0 Å². The summed E-state index contributed by atoms with van der Waals surface area (Å²) in [5, 5.41) is 8.74. The average molecular weight is 281 g/mol. The Morgan fingerprint density at radius 2 is 2.05 bits per heavy atom. The molecule has 0 spiro atoms. The van der Waals surface area contributed by atoms with Crippen LogP contribution in [0.4, 0.5) is 0 Å². The van der Waals surface area contributed by atoms with Crippen LogP contribution >= 0.6 is 0 Å². The topological polar surface area (TPSA) is 125 Å². The number of aliphatic carboxylic acids is 1. The maximum atomic E-state index is 12.1. The summed E-state index contributed by atoms with van der Waals surface area (Å²) in [6.07, 6.45) is 1.56. The zero-order chi connectivity index (χ0) is 15.0. The van der Waals surface area contributed by atoms with Gasteiger partial charge in [-0.05, 0) is 6.42 Å². The number of aryl methyl sites for hydroxylation is 2. The first-order chi connectivity index (χ1) is 9.34. The first-order valence-corrected chi connectivity index (χ1v) is 5.93. The number of aromatic nitrogens is 4. The number of nitrogens with zero attached hydrogens (tertiary/aromatic N) is 4. The van der Waals surface area contributed by atoms with Crippen LogP contribution in [0.5, 0.6) is 0 Å². The van der Waals surface area contributed by atoms with Gasteiger partial charge in [-0.25, -0.2) is 9.78 Å². The van der Waals surface area contributed by atoms with Crippen LogP contribution < -0.4 is 17.0 Å². The molecule has 0 radical (unpaired) electrons. The van der Waals surface area contributed by atoms with Crippen molar-refractivity contribution in [1.82, 2.24) is 18.7 Å². The second-order valence-corrected chi connectivity index (χ2v) is 4.55. The Bertz CT molecular complexity index is 784. The molecule has 0 bridgehead atoms. The van der Waals surface area contributed by atoms with E-state index < -0.39 is 23.3 Å². The Labute approximate surface area is 112 Å². The van der Waals surface area contributed by atoms with E-state index in [1.54, 1.807) is 0 Å². The van der Waals surface area contributed by atoms with Crippen LogP contribution in [0.2, 0.25) is 0 Å². The first-order valence-electron chi connectivity index (χ1n) is 5.93. The number of nitrogens with two attached hydrogens (primary N) is 1. The number of hydrogen-bond acceptors (Lipinski definition) is 5. The number of fused-ring (bicyclic) bond motifs is 1. The van der Waals surface area contributed by atoms with Crippen LogP contribution in [0.15, 0.2) is 15.9 Å². The number of imidazole rings is 1. The fraction of sp³-hybridized carbons (Fsp3) is 0.455. The lowest BCUT2D eigenvalue weighted by atomic mass is 10.2. The van der Waals surface area contributed by atoms with E-state index in [9.17, 15) is 14.4 Å². The highest BCUT2D eigenvalue weighted by Crippen LogP contribution is 2.06. The summed E-state index contributed by atoms with van der Waals surface area (Å²) in [5.41, 5.74) is 5.02. The molecule has 3 N–H and O–H groups in total. The Morgan fingerprint density at radius 3 is 2.65 bits per heavy atom. The molecule has 0 amide bonds. The van der Waals surface area contributed by atoms with Gasteiger partial charge in [-0.1, -0.05) is 0 Å². The summed E-state index contributed by atoms with van der Waals surface area (Å²) in [4.78, 5) is 38.6. The quantitative estimate of drug-likeness (QED) is 0.683. The maximum Gasteiger partial charge on any atom is 0.332 e. The summed E-state index contributed by atoms with van der Waals surface area (Å²) in [5.74, 6) is -1.10. The lowest BCUT2D eigenvalue weighted by Crippen LogP contribution is -2.37. The molecule has 9 heteroatoms. The monoisotopic (exact) mass is 281 g/mol. The largest absolute Gasteiger partial charge is 0.480 e. The molecule has 0 unspecified atom stereocenters. The third-order valence-corrected chi connectivity index (χ3v) is 3.22. The minimum absolute atomic E-state index is 0.160. The van der Waals surface area contributed by atoms with Crippen LogP contribution in [-0.2, 0) is 25.4 Å². The van der Waals surface area contributed by atoms with Gasteiger partial charge in [0.05, 0.1) is 6.33 Å². The number of carboxylic acids is 1. The molecule has 0 fully saturated rings. The molecule has 20 heavy (non-hydrogen) atoms. The van der Waals surface area contributed by atoms with Gasteiger partial charge in [-0.2, -0.15) is 0 Å². The minimum atomic E-state index is -1.10. The van der Waals surface area contributed by atoms with Gasteiger partial charge in [-0.3, -0.25) is 18.7 Å². The predicted molar refractivity (Wildman–Crippen MR) is 70.4 cm³/mol. The molecule has 0 aromatic carbocycles. The molecule has 2 aromatic heterocycles. The highest BCUT2D eigenvalue weighted by atomic mass is 16.4. The molecule has 9 nitrogen and oxygen atoms in total. The van der Waals surface area contributed by atoms with Gasteiger partial charge < -0.3 is 15.4 Å². The van der Waals surface area contributed by atoms with Gasteiger partial charge in [0.2, 0.25) is 0 Å². The molecule has 0 saturated heterocycles. The summed E-state index contributed by atoms with van der Waals surface area (Å²) in [7, 11) is 2.90. The zero-order valence-electron chi connectivity index (χ0n) is 11.1. The van der Waals surface area contributed by atoms with Crippen LogP contribution in [0.3, 0.4) is 0 Å². The number of carbonyl (C=O) groups is 1. The van der Waals surface area contributed by atoms with Crippen LogP contribution in [-0.4, -0.2) is 35.8 Å². The minimum Gasteiger partial charge on any atom is -0.480 e. The molecule has 0 aliphatic carbocycles. The number of hydrogen-bond donors (Lipinski definition) is 2. The van der Waals surface area contributed by atoms with Gasteiger partial charge in [0, 0.05) is 20.6 Å². The van der Waals surface area contributed by atoms with E-state index in [0.717, 1.165) is 4.57 Å². The molecule has 2 rings (SSSR count). The highest BCUT2D eigenvalue weighted by Gasteiger charge is 2.16. The summed E-state index contributed by atoms with van der Waals surface area (Å²) < 4.78 is 3.77. The normalized spacial score (nSPS) is 12.8. The highest BCUT2D eigenvalue weighted by molar-refractivity contribution is 5.73. The van der Waals surface area contributed by atoms with Crippen molar-refractivity contribution in [3.05, 3.63) is 27.2 Å². The number of rotatable bonds is 4. The van der Waals surface area contributed by atoms with E-state index in [-0.39, 0.29) is 24.1 Å². The van der Waals surface area contributed by atoms with Crippen LogP contribution in [0, 0.1) is 0 Å². The third-order valence-electron chi connectivity index (χ3n) is 3.22. The summed E-state index contributed by atoms with van der Waals surface area (Å²) in [6, 6.07) is -1.01. The van der Waals surface area contributed by atoms with Crippen molar-refractivity contribution < 1.29 is 9.90 Å². The molecule has 2 heterocycles. The van der Waals surface area contributed by atoms with Gasteiger partial charge in [0.25, 0.3) is 5.56 Å². The molecule has 0 saturated carbocycles. The smallest absolute Gasteiger partial charge is 0.332 e. The maximum absolute atomic E-state index is 12.1. The lowest BCUT2D eigenvalue weighted by Gasteiger charge is -2.08. The number of carboxylic acid groups (broad SMARTS) is 1. The molecular formula is C11H15N5O4. The summed E-state index contributed by atoms with van der Waals surface area (Å²) >= 11 is 0. The van der Waals surface area contributed by atoms with E-state index in [4.69, 9.17) is 10.8 Å². The Balaban J connectivity index is 2.50. The Hall–Kier alpha value is -2.42. The summed E-state index contributed by atoms with van der Waals surface area (Å²) in [6.45, 7) is 0.234. The fourth-order valence-corrected chi connectivity index (χ4v) is 1.97. The van der Waals surface area contributed by atoms with E-state index in [0.29, 0.717) is 0 Å². The van der Waals surface area contributed by atoms with E-state index in [2.05, 4.69) is 4.98 Å². The van der Waals surface area contributed by atoms with E-state index >= 15 is 0 Å². The van der Waals surface area contributed by atoms with Crippen molar-refractivity contribution in [1.29, 1.82) is 0 Å².